The van der Waals surface area contributed by atoms with Gasteiger partial charge in [-0.3, -0.25) is 0 Å². The van der Waals surface area contributed by atoms with Crippen LogP contribution in [0.2, 0.25) is 5.02 Å². The monoisotopic (exact) mass is 316 g/mol. The maximum absolute atomic E-state index is 12.6. The van der Waals surface area contributed by atoms with Gasteiger partial charge in [-0.2, -0.15) is 13.2 Å². The molecule has 2 aromatic rings. The van der Waals surface area contributed by atoms with Crippen molar-refractivity contribution in [1.29, 1.82) is 0 Å². The lowest BCUT2D eigenvalue weighted by Crippen LogP contribution is -2.06. The Morgan fingerprint density at radius 3 is 2.43 bits per heavy atom. The van der Waals surface area contributed by atoms with Gasteiger partial charge in [-0.25, -0.2) is 0 Å². The van der Waals surface area contributed by atoms with Gasteiger partial charge in [0, 0.05) is 0 Å². The molecule has 2 nitrogen and oxygen atoms in total. The van der Waals surface area contributed by atoms with Crippen LogP contribution in [0.25, 0.3) is 0 Å². The van der Waals surface area contributed by atoms with E-state index in [1.165, 1.54) is 6.07 Å². The molecule has 2 aromatic carbocycles. The van der Waals surface area contributed by atoms with Crippen LogP contribution in [0.15, 0.2) is 42.5 Å². The first-order valence-corrected chi connectivity index (χ1v) is 6.46. The predicted octanol–water partition coefficient (Wildman–Crippen LogP) is 4.43. The Labute approximate surface area is 124 Å². The summed E-state index contributed by atoms with van der Waals surface area (Å²) in [6, 6.07) is 9.67. The molecule has 112 valence electrons. The minimum atomic E-state index is -4.38. The molecule has 0 spiro atoms. The second-order valence-electron chi connectivity index (χ2n) is 4.41. The van der Waals surface area contributed by atoms with Crippen molar-refractivity contribution in [3.05, 3.63) is 64.2 Å². The van der Waals surface area contributed by atoms with Crippen LogP contribution in [0.4, 0.5) is 13.2 Å². The van der Waals surface area contributed by atoms with E-state index in [0.29, 0.717) is 21.9 Å². The summed E-state index contributed by atoms with van der Waals surface area (Å²) in [6.07, 6.45) is -4.38. The Morgan fingerprint density at radius 1 is 1.05 bits per heavy atom. The molecular formula is C15H12ClF3O2. The maximum Gasteiger partial charge on any atom is 0.416 e. The molecule has 2 rings (SSSR count). The van der Waals surface area contributed by atoms with Gasteiger partial charge in [0.15, 0.2) is 0 Å². The van der Waals surface area contributed by atoms with Crippen molar-refractivity contribution in [2.75, 3.05) is 0 Å². The van der Waals surface area contributed by atoms with Crippen LogP contribution in [-0.4, -0.2) is 5.11 Å². The number of rotatable bonds is 4. The second-order valence-corrected chi connectivity index (χ2v) is 4.82. The normalized spacial score (nSPS) is 11.5. The third-order valence-corrected chi connectivity index (χ3v) is 3.12. The van der Waals surface area contributed by atoms with Crippen molar-refractivity contribution in [1.82, 2.24) is 0 Å². The molecule has 0 amide bonds. The summed E-state index contributed by atoms with van der Waals surface area (Å²) < 4.78 is 43.2. The molecule has 0 aliphatic carbocycles. The van der Waals surface area contributed by atoms with E-state index in [4.69, 9.17) is 21.4 Å². The lowest BCUT2D eigenvalue weighted by Gasteiger charge is -2.11. The average molecular weight is 317 g/mol. The zero-order valence-electron chi connectivity index (χ0n) is 10.8. The van der Waals surface area contributed by atoms with Crippen LogP contribution in [0.5, 0.6) is 5.75 Å². The zero-order chi connectivity index (χ0) is 15.5. The van der Waals surface area contributed by atoms with Crippen LogP contribution in [0.3, 0.4) is 0 Å². The lowest BCUT2D eigenvalue weighted by atomic mass is 10.1. The lowest BCUT2D eigenvalue weighted by molar-refractivity contribution is -0.137. The number of halogens is 4. The van der Waals surface area contributed by atoms with Crippen molar-refractivity contribution >= 4 is 11.6 Å². The van der Waals surface area contributed by atoms with Gasteiger partial charge in [0.05, 0.1) is 17.2 Å². The summed E-state index contributed by atoms with van der Waals surface area (Å²) >= 11 is 5.96. The molecule has 0 fully saturated rings. The quantitative estimate of drug-likeness (QED) is 0.904. The number of aliphatic hydroxyl groups is 1. The van der Waals surface area contributed by atoms with Gasteiger partial charge in [0.25, 0.3) is 0 Å². The topological polar surface area (TPSA) is 29.5 Å². The Kier molecular flexibility index (Phi) is 4.75. The van der Waals surface area contributed by atoms with Crippen molar-refractivity contribution in [3.8, 4) is 5.75 Å². The highest BCUT2D eigenvalue weighted by Crippen LogP contribution is 2.30. The van der Waals surface area contributed by atoms with Gasteiger partial charge >= 0.3 is 6.18 Å². The molecular weight excluding hydrogens is 305 g/mol. The third kappa shape index (κ3) is 4.12. The van der Waals surface area contributed by atoms with Crippen LogP contribution in [0.1, 0.15) is 16.7 Å². The molecule has 0 atom stereocenters. The Hall–Kier alpha value is -1.72. The summed E-state index contributed by atoms with van der Waals surface area (Å²) in [5.41, 5.74) is 0.309. The first-order chi connectivity index (χ1) is 9.90. The SMILES string of the molecule is OCc1ccc(OCc2cccc(C(F)(F)F)c2)c(Cl)c1. The van der Waals surface area contributed by atoms with Gasteiger partial charge in [0.2, 0.25) is 0 Å². The maximum atomic E-state index is 12.6. The third-order valence-electron chi connectivity index (χ3n) is 2.83. The number of aliphatic hydroxyl groups excluding tert-OH is 1. The number of alkyl halides is 3. The van der Waals surface area contributed by atoms with E-state index in [1.54, 1.807) is 24.3 Å². The van der Waals surface area contributed by atoms with E-state index < -0.39 is 11.7 Å². The standard InChI is InChI=1S/C15H12ClF3O2/c16-13-7-10(8-20)4-5-14(13)21-9-11-2-1-3-12(6-11)15(17,18)19/h1-7,20H,8-9H2. The average Bonchev–Trinajstić information content (AvgIpc) is 2.45. The van der Waals surface area contributed by atoms with E-state index in [0.717, 1.165) is 12.1 Å². The molecule has 0 radical (unpaired) electrons. The van der Waals surface area contributed by atoms with E-state index in [1.807, 2.05) is 0 Å². The van der Waals surface area contributed by atoms with Crippen LogP contribution in [0, 0.1) is 0 Å². The number of ether oxygens (including phenoxy) is 1. The largest absolute Gasteiger partial charge is 0.487 e. The highest BCUT2D eigenvalue weighted by Gasteiger charge is 2.30. The molecule has 21 heavy (non-hydrogen) atoms. The smallest absolute Gasteiger partial charge is 0.416 e. The van der Waals surface area contributed by atoms with Gasteiger partial charge in [0.1, 0.15) is 12.4 Å². The predicted molar refractivity (Wildman–Crippen MR) is 73.2 cm³/mol. The molecule has 0 heterocycles. The van der Waals surface area contributed by atoms with Crippen LogP contribution < -0.4 is 4.74 Å². The van der Waals surface area contributed by atoms with E-state index in [2.05, 4.69) is 0 Å². The van der Waals surface area contributed by atoms with Crippen LogP contribution >= 0.6 is 11.6 Å². The van der Waals surface area contributed by atoms with Crippen molar-refractivity contribution in [2.24, 2.45) is 0 Å². The van der Waals surface area contributed by atoms with Gasteiger partial charge in [-0.15, -0.1) is 0 Å². The summed E-state index contributed by atoms with van der Waals surface area (Å²) in [5, 5.41) is 9.26. The summed E-state index contributed by atoms with van der Waals surface area (Å²) in [5.74, 6) is 0.353. The molecule has 0 unspecified atom stereocenters. The first-order valence-electron chi connectivity index (χ1n) is 6.08. The number of benzene rings is 2. The van der Waals surface area contributed by atoms with Crippen molar-refractivity contribution < 1.29 is 23.0 Å². The highest BCUT2D eigenvalue weighted by atomic mass is 35.5. The van der Waals surface area contributed by atoms with Gasteiger partial charge < -0.3 is 9.84 Å². The summed E-state index contributed by atoms with van der Waals surface area (Å²) in [4.78, 5) is 0. The van der Waals surface area contributed by atoms with Gasteiger partial charge in [-0.05, 0) is 35.4 Å². The van der Waals surface area contributed by atoms with Gasteiger partial charge in [-0.1, -0.05) is 29.8 Å². The van der Waals surface area contributed by atoms with E-state index in [-0.39, 0.29) is 13.2 Å². The van der Waals surface area contributed by atoms with Crippen molar-refractivity contribution in [3.63, 3.8) is 0 Å². The Morgan fingerprint density at radius 2 is 1.81 bits per heavy atom. The Bertz CT molecular complexity index is 627. The van der Waals surface area contributed by atoms with E-state index in [9.17, 15) is 13.2 Å². The van der Waals surface area contributed by atoms with Crippen LogP contribution in [-0.2, 0) is 19.4 Å². The molecule has 0 saturated heterocycles. The summed E-state index contributed by atoms with van der Waals surface area (Å²) in [6.45, 7) is -0.171. The van der Waals surface area contributed by atoms with Crippen molar-refractivity contribution in [2.45, 2.75) is 19.4 Å². The molecule has 6 heteroatoms. The number of hydrogen-bond donors (Lipinski definition) is 1. The first kappa shape index (κ1) is 15.7. The zero-order valence-corrected chi connectivity index (χ0v) is 11.6. The molecule has 0 aromatic heterocycles. The fourth-order valence-corrected chi connectivity index (χ4v) is 2.02. The molecule has 0 bridgehead atoms. The molecule has 0 saturated carbocycles. The summed E-state index contributed by atoms with van der Waals surface area (Å²) in [7, 11) is 0. The highest BCUT2D eigenvalue weighted by molar-refractivity contribution is 6.32. The minimum absolute atomic E-state index is 0.0257. The molecule has 1 N–H and O–H groups in total. The molecule has 0 aliphatic heterocycles. The fourth-order valence-electron chi connectivity index (χ4n) is 1.76. The number of hydrogen-bond acceptors (Lipinski definition) is 2. The minimum Gasteiger partial charge on any atom is -0.487 e. The Balaban J connectivity index is 2.10. The molecule has 0 aliphatic rings. The second kappa shape index (κ2) is 6.37. The fraction of sp³-hybridized carbons (Fsp3) is 0.200. The van der Waals surface area contributed by atoms with E-state index >= 15 is 0 Å².